The van der Waals surface area contributed by atoms with Gasteiger partial charge in [0.2, 0.25) is 5.13 Å². The number of rotatable bonds is 11. The summed E-state index contributed by atoms with van der Waals surface area (Å²) in [7, 11) is 0. The van der Waals surface area contributed by atoms with Crippen LogP contribution in [0.1, 0.15) is 40.8 Å². The van der Waals surface area contributed by atoms with Gasteiger partial charge in [-0.2, -0.15) is 0 Å². The van der Waals surface area contributed by atoms with Crippen LogP contribution in [-0.4, -0.2) is 33.6 Å². The first-order chi connectivity index (χ1) is 22.8. The van der Waals surface area contributed by atoms with Gasteiger partial charge in [-0.25, -0.2) is 0 Å². The second-order valence-corrected chi connectivity index (χ2v) is 13.2. The van der Waals surface area contributed by atoms with Crippen molar-refractivity contribution in [2.24, 2.45) is 0 Å². The summed E-state index contributed by atoms with van der Waals surface area (Å²) in [5.74, 6) is -0.120. The molecule has 6 rings (SSSR count). The molecule has 0 bridgehead atoms. The van der Waals surface area contributed by atoms with Gasteiger partial charge in [0.15, 0.2) is 4.34 Å². The van der Waals surface area contributed by atoms with Crippen molar-refractivity contribution in [3.05, 3.63) is 135 Å². The molecule has 1 N–H and O–H groups in total. The molecule has 1 unspecified atom stereocenters. The number of aryl methyl sites for hydroxylation is 1. The number of aliphatic hydroxyl groups excluding tert-OH is 1. The molecule has 5 aromatic rings. The van der Waals surface area contributed by atoms with Crippen molar-refractivity contribution in [3.8, 4) is 11.5 Å². The van der Waals surface area contributed by atoms with Gasteiger partial charge >= 0.3 is 5.91 Å². The highest BCUT2D eigenvalue weighted by atomic mass is 35.5. The number of ether oxygens (including phenoxy) is 2. The van der Waals surface area contributed by atoms with Gasteiger partial charge in [-0.05, 0) is 78.6 Å². The van der Waals surface area contributed by atoms with Gasteiger partial charge in [-0.3, -0.25) is 14.5 Å². The van der Waals surface area contributed by atoms with Crippen molar-refractivity contribution in [1.82, 2.24) is 10.2 Å². The Morgan fingerprint density at radius 1 is 0.894 bits per heavy atom. The number of nitrogens with zero attached hydrogens (tertiary/aromatic N) is 3. The van der Waals surface area contributed by atoms with E-state index < -0.39 is 17.7 Å². The highest BCUT2D eigenvalue weighted by Crippen LogP contribution is 2.44. The number of halogens is 1. The van der Waals surface area contributed by atoms with Crippen molar-refractivity contribution in [1.29, 1.82) is 0 Å². The van der Waals surface area contributed by atoms with Crippen molar-refractivity contribution in [3.63, 3.8) is 0 Å². The molecule has 47 heavy (non-hydrogen) atoms. The maximum Gasteiger partial charge on any atom is 0.301 e. The van der Waals surface area contributed by atoms with Gasteiger partial charge in [0.1, 0.15) is 23.9 Å². The minimum atomic E-state index is -0.947. The van der Waals surface area contributed by atoms with Gasteiger partial charge in [0, 0.05) is 16.3 Å². The number of Topliss-reactive ketones (excluding diaryl/α,β-unsaturated/α-hetero) is 1. The SMILES string of the molecule is CCOc1ccc(C2/C(=C(\O)c3ccc(OCc4ccccc4C)cc3)C(=O)C(=O)N2c2nnc(SCc3ccccc3Cl)s2)cc1. The molecule has 4 aromatic carbocycles. The van der Waals surface area contributed by atoms with Crippen LogP contribution in [0.25, 0.3) is 5.76 Å². The van der Waals surface area contributed by atoms with Gasteiger partial charge in [-0.15, -0.1) is 10.2 Å². The first-order valence-electron chi connectivity index (χ1n) is 14.8. The van der Waals surface area contributed by atoms with Crippen LogP contribution < -0.4 is 14.4 Å². The van der Waals surface area contributed by atoms with Crippen LogP contribution in [0.5, 0.6) is 11.5 Å². The maximum absolute atomic E-state index is 13.6. The zero-order valence-corrected chi connectivity index (χ0v) is 27.9. The summed E-state index contributed by atoms with van der Waals surface area (Å²) in [5, 5.41) is 21.1. The van der Waals surface area contributed by atoms with Crippen LogP contribution in [0.15, 0.2) is 107 Å². The monoisotopic (exact) mass is 683 g/mol. The van der Waals surface area contributed by atoms with Crippen LogP contribution in [0, 0.1) is 6.92 Å². The third-order valence-corrected chi connectivity index (χ3v) is 10.1. The Morgan fingerprint density at radius 2 is 1.55 bits per heavy atom. The van der Waals surface area contributed by atoms with E-state index in [9.17, 15) is 14.7 Å². The Morgan fingerprint density at radius 3 is 2.26 bits per heavy atom. The molecule has 11 heteroatoms. The van der Waals surface area contributed by atoms with E-state index in [0.717, 1.165) is 16.7 Å². The predicted octanol–water partition coefficient (Wildman–Crippen LogP) is 8.40. The fourth-order valence-electron chi connectivity index (χ4n) is 5.17. The normalized spacial score (nSPS) is 15.6. The van der Waals surface area contributed by atoms with Gasteiger partial charge in [0.25, 0.3) is 5.78 Å². The molecule has 8 nitrogen and oxygen atoms in total. The van der Waals surface area contributed by atoms with Crippen molar-refractivity contribution in [2.75, 3.05) is 11.5 Å². The molecule has 1 amide bonds. The number of carbonyl (C=O) groups is 2. The fourth-order valence-corrected chi connectivity index (χ4v) is 7.32. The molecule has 1 aliphatic heterocycles. The number of aromatic nitrogens is 2. The molecule has 0 aliphatic carbocycles. The van der Waals surface area contributed by atoms with Crippen LogP contribution in [-0.2, 0) is 21.9 Å². The number of benzene rings is 4. The zero-order chi connectivity index (χ0) is 32.9. The lowest BCUT2D eigenvalue weighted by Gasteiger charge is -2.22. The Hall–Kier alpha value is -4.64. The minimum Gasteiger partial charge on any atom is -0.507 e. The van der Waals surface area contributed by atoms with Crippen LogP contribution in [0.2, 0.25) is 5.02 Å². The zero-order valence-electron chi connectivity index (χ0n) is 25.6. The Labute approximate surface area is 285 Å². The average molecular weight is 684 g/mol. The minimum absolute atomic E-state index is 0.0480. The highest BCUT2D eigenvalue weighted by Gasteiger charge is 2.48. The maximum atomic E-state index is 13.6. The largest absolute Gasteiger partial charge is 0.507 e. The van der Waals surface area contributed by atoms with Crippen molar-refractivity contribution >= 4 is 57.3 Å². The number of hydrogen-bond acceptors (Lipinski definition) is 9. The summed E-state index contributed by atoms with van der Waals surface area (Å²) in [6.07, 6.45) is 0. The Kier molecular flexibility index (Phi) is 9.91. The molecule has 2 heterocycles. The van der Waals surface area contributed by atoms with E-state index in [0.29, 0.717) is 51.0 Å². The number of hydrogen-bond donors (Lipinski definition) is 1. The second-order valence-electron chi connectivity index (χ2n) is 10.6. The van der Waals surface area contributed by atoms with E-state index in [1.807, 2.05) is 62.4 Å². The van der Waals surface area contributed by atoms with E-state index in [1.54, 1.807) is 48.5 Å². The molecule has 1 saturated heterocycles. The molecular formula is C36H30ClN3O5S2. The molecular weight excluding hydrogens is 654 g/mol. The summed E-state index contributed by atoms with van der Waals surface area (Å²) in [6.45, 7) is 4.79. The van der Waals surface area contributed by atoms with Crippen molar-refractivity contribution < 1.29 is 24.2 Å². The molecule has 0 saturated carbocycles. The molecule has 238 valence electrons. The van der Waals surface area contributed by atoms with Crippen LogP contribution in [0.3, 0.4) is 0 Å². The summed E-state index contributed by atoms with van der Waals surface area (Å²) in [6, 6.07) is 28.4. The summed E-state index contributed by atoms with van der Waals surface area (Å²) >= 11 is 8.94. The van der Waals surface area contributed by atoms with Gasteiger partial charge < -0.3 is 14.6 Å². The van der Waals surface area contributed by atoms with E-state index in [1.165, 1.54) is 28.0 Å². The van der Waals surface area contributed by atoms with Crippen LogP contribution >= 0.6 is 34.7 Å². The lowest BCUT2D eigenvalue weighted by atomic mass is 9.95. The number of carbonyl (C=O) groups excluding carboxylic acids is 2. The standard InChI is InChI=1S/C36H30ClN3O5S2/c1-3-44-27-16-12-23(13-17-27)31-30(32(41)24-14-18-28(19-15-24)45-20-25-9-5-4-8-22(25)2)33(42)34(43)40(31)35-38-39-36(47-35)46-21-26-10-6-7-11-29(26)37/h4-19,31,41H,3,20-21H2,1-2H3/b32-30+. The van der Waals surface area contributed by atoms with E-state index >= 15 is 0 Å². The summed E-state index contributed by atoms with van der Waals surface area (Å²) < 4.78 is 12.2. The third kappa shape index (κ3) is 7.05. The first-order valence-corrected chi connectivity index (χ1v) is 17.0. The molecule has 1 aliphatic rings. The van der Waals surface area contributed by atoms with Gasteiger partial charge in [0.05, 0.1) is 18.2 Å². The first kappa shape index (κ1) is 32.3. The second kappa shape index (κ2) is 14.4. The average Bonchev–Trinajstić information content (AvgIpc) is 3.66. The highest BCUT2D eigenvalue weighted by molar-refractivity contribution is 8.00. The predicted molar refractivity (Wildman–Crippen MR) is 185 cm³/mol. The quantitative estimate of drug-likeness (QED) is 0.0487. The number of amides is 1. The van der Waals surface area contributed by atoms with E-state index in [-0.39, 0.29) is 16.5 Å². The molecule has 1 aromatic heterocycles. The molecule has 1 fully saturated rings. The third-order valence-electron chi connectivity index (χ3n) is 7.65. The number of ketones is 1. The molecule has 0 radical (unpaired) electrons. The van der Waals surface area contributed by atoms with Gasteiger partial charge in [-0.1, -0.05) is 89.3 Å². The lowest BCUT2D eigenvalue weighted by Crippen LogP contribution is -2.29. The van der Waals surface area contributed by atoms with E-state index in [4.69, 9.17) is 21.1 Å². The Bertz CT molecular complexity index is 1940. The number of thioether (sulfide) groups is 1. The number of anilines is 1. The summed E-state index contributed by atoms with van der Waals surface area (Å²) in [5.41, 5.74) is 4.06. The lowest BCUT2D eigenvalue weighted by molar-refractivity contribution is -0.132. The fraction of sp³-hybridized carbons (Fsp3) is 0.167. The molecule has 1 atom stereocenters. The smallest absolute Gasteiger partial charge is 0.301 e. The van der Waals surface area contributed by atoms with E-state index in [2.05, 4.69) is 10.2 Å². The summed E-state index contributed by atoms with van der Waals surface area (Å²) in [4.78, 5) is 28.6. The van der Waals surface area contributed by atoms with Crippen molar-refractivity contribution in [2.45, 2.75) is 36.6 Å². The Balaban J connectivity index is 1.31. The molecule has 0 spiro atoms. The van der Waals surface area contributed by atoms with Crippen LogP contribution in [0.4, 0.5) is 5.13 Å². The number of aliphatic hydroxyl groups is 1. The topological polar surface area (TPSA) is 102 Å².